The Hall–Kier alpha value is -4.80. The van der Waals surface area contributed by atoms with E-state index in [2.05, 4.69) is 17.6 Å². The molecule has 1 saturated heterocycles. The van der Waals surface area contributed by atoms with E-state index in [4.69, 9.17) is 10.7 Å². The lowest BCUT2D eigenvalue weighted by Gasteiger charge is -2.37. The Kier molecular flexibility index (Phi) is 9.75. The van der Waals surface area contributed by atoms with Crippen molar-refractivity contribution in [3.8, 4) is 11.3 Å². The van der Waals surface area contributed by atoms with Gasteiger partial charge in [0.1, 0.15) is 6.04 Å². The highest BCUT2D eigenvalue weighted by atomic mass is 16.2. The normalized spacial score (nSPS) is 15.3. The largest absolute Gasteiger partial charge is 0.343 e. The first-order chi connectivity index (χ1) is 21.7. The standard InChI is InChI=1S/C35H41N7O3/c1-5-6-10-23-11-7-8-12-26(23)33(43)39-29-14-9-13-27(28(29)21-36)30-22-42(4)35(45)32(38-30)37-25-17-15-24(16-18-25)31-34(44)41(3)20-19-40(31)2/h7-9,11-18,22,31H,5-6,10,19-21,36H2,1-4H3,(H,37,38)(H,39,43). The van der Waals surface area contributed by atoms with Crippen LogP contribution in [0.2, 0.25) is 0 Å². The Balaban J connectivity index is 1.42. The van der Waals surface area contributed by atoms with Crippen LogP contribution in [-0.2, 0) is 24.8 Å². The summed E-state index contributed by atoms with van der Waals surface area (Å²) in [5.41, 5.74) is 11.7. The van der Waals surface area contributed by atoms with Gasteiger partial charge in [0.05, 0.1) is 5.69 Å². The van der Waals surface area contributed by atoms with Crippen LogP contribution in [0.25, 0.3) is 11.3 Å². The number of hydrogen-bond donors (Lipinski definition) is 3. The smallest absolute Gasteiger partial charge is 0.293 e. The highest BCUT2D eigenvalue weighted by Gasteiger charge is 2.31. The number of hydrogen-bond acceptors (Lipinski definition) is 7. The Bertz CT molecular complexity index is 1750. The summed E-state index contributed by atoms with van der Waals surface area (Å²) in [6.07, 6.45) is 4.54. The topological polar surface area (TPSA) is 126 Å². The molecule has 1 aromatic heterocycles. The van der Waals surface area contributed by atoms with E-state index in [9.17, 15) is 14.4 Å². The van der Waals surface area contributed by atoms with Crippen molar-refractivity contribution in [2.75, 3.05) is 37.8 Å². The monoisotopic (exact) mass is 607 g/mol. The predicted octanol–water partition coefficient (Wildman–Crippen LogP) is 4.69. The second kappa shape index (κ2) is 13.9. The van der Waals surface area contributed by atoms with Crippen LogP contribution in [0.5, 0.6) is 0 Å². The molecular weight excluding hydrogens is 566 g/mol. The molecule has 0 saturated carbocycles. The van der Waals surface area contributed by atoms with Crippen LogP contribution in [0.15, 0.2) is 77.7 Å². The number of likely N-dealkylation sites (N-methyl/N-ethyl adjacent to an activating group) is 2. The number of aryl methyl sites for hydroxylation is 2. The highest BCUT2D eigenvalue weighted by Crippen LogP contribution is 2.30. The van der Waals surface area contributed by atoms with Gasteiger partial charge in [0.25, 0.3) is 11.5 Å². The van der Waals surface area contributed by atoms with Crippen LogP contribution in [-0.4, -0.2) is 58.4 Å². The SMILES string of the molecule is CCCCc1ccccc1C(=O)Nc1cccc(-c2cn(C)c(=O)c(Nc3ccc(C4C(=O)N(C)CCN4C)cc3)n2)c1CN. The summed E-state index contributed by atoms with van der Waals surface area (Å²) in [5.74, 6) is 0.0127. The number of nitrogens with two attached hydrogens (primary N) is 1. The molecule has 45 heavy (non-hydrogen) atoms. The highest BCUT2D eigenvalue weighted by molar-refractivity contribution is 6.06. The zero-order valence-electron chi connectivity index (χ0n) is 26.3. The van der Waals surface area contributed by atoms with Crippen molar-refractivity contribution in [1.82, 2.24) is 19.4 Å². The number of nitrogens with zero attached hydrogens (tertiary/aromatic N) is 4. The Morgan fingerprint density at radius 3 is 2.47 bits per heavy atom. The van der Waals surface area contributed by atoms with E-state index in [0.717, 1.165) is 36.9 Å². The molecule has 1 aliphatic heterocycles. The average molecular weight is 608 g/mol. The molecule has 10 heteroatoms. The lowest BCUT2D eigenvalue weighted by molar-refractivity contribution is -0.139. The minimum Gasteiger partial charge on any atom is -0.343 e. The van der Waals surface area contributed by atoms with E-state index in [1.165, 1.54) is 4.57 Å². The third-order valence-electron chi connectivity index (χ3n) is 8.37. The van der Waals surface area contributed by atoms with Crippen LogP contribution in [0.4, 0.5) is 17.2 Å². The van der Waals surface area contributed by atoms with Gasteiger partial charge >= 0.3 is 0 Å². The van der Waals surface area contributed by atoms with Crippen LogP contribution in [0, 0.1) is 0 Å². The number of anilines is 3. The number of amides is 2. The van der Waals surface area contributed by atoms with Gasteiger partial charge < -0.3 is 25.8 Å². The Morgan fingerprint density at radius 1 is 0.978 bits per heavy atom. The fraction of sp³-hybridized carbons (Fsp3) is 0.314. The lowest BCUT2D eigenvalue weighted by atomic mass is 10.00. The zero-order chi connectivity index (χ0) is 32.1. The summed E-state index contributed by atoms with van der Waals surface area (Å²) in [4.78, 5) is 47.8. The predicted molar refractivity (Wildman–Crippen MR) is 179 cm³/mol. The lowest BCUT2D eigenvalue weighted by Crippen LogP contribution is -2.48. The van der Waals surface area contributed by atoms with Crippen molar-refractivity contribution in [3.05, 3.63) is 106 Å². The number of aromatic nitrogens is 2. The molecule has 5 rings (SSSR count). The van der Waals surface area contributed by atoms with Gasteiger partial charge in [0.15, 0.2) is 5.82 Å². The summed E-state index contributed by atoms with van der Waals surface area (Å²) in [7, 11) is 5.44. The van der Waals surface area contributed by atoms with E-state index in [-0.39, 0.29) is 35.8 Å². The molecule has 3 aromatic carbocycles. The molecule has 0 radical (unpaired) electrons. The molecule has 10 nitrogen and oxygen atoms in total. The Morgan fingerprint density at radius 2 is 1.73 bits per heavy atom. The fourth-order valence-electron chi connectivity index (χ4n) is 5.72. The third-order valence-corrected chi connectivity index (χ3v) is 8.37. The number of unbranched alkanes of at least 4 members (excludes halogenated alkanes) is 1. The second-order valence-corrected chi connectivity index (χ2v) is 11.5. The molecule has 2 amide bonds. The molecule has 0 bridgehead atoms. The van der Waals surface area contributed by atoms with Gasteiger partial charge in [-0.1, -0.05) is 55.8 Å². The molecule has 234 valence electrons. The van der Waals surface area contributed by atoms with E-state index in [1.807, 2.05) is 85.7 Å². The number of nitrogens with one attached hydrogen (secondary N) is 2. The minimum atomic E-state index is -0.348. The maximum atomic E-state index is 13.4. The van der Waals surface area contributed by atoms with Crippen LogP contribution in [0.1, 0.15) is 52.9 Å². The molecule has 1 fully saturated rings. The summed E-state index contributed by atoms with van der Waals surface area (Å²) in [6, 6.07) is 20.3. The average Bonchev–Trinajstić information content (AvgIpc) is 3.04. The van der Waals surface area contributed by atoms with Gasteiger partial charge in [-0.15, -0.1) is 0 Å². The summed E-state index contributed by atoms with van der Waals surface area (Å²) >= 11 is 0. The number of carbonyl (C=O) groups excluding carboxylic acids is 2. The molecular formula is C35H41N7O3. The van der Waals surface area contributed by atoms with Gasteiger partial charge in [-0.25, -0.2) is 4.98 Å². The molecule has 4 aromatic rings. The quantitative estimate of drug-likeness (QED) is 0.239. The molecule has 4 N–H and O–H groups in total. The molecule has 0 spiro atoms. The van der Waals surface area contributed by atoms with Crippen LogP contribution < -0.4 is 21.9 Å². The zero-order valence-corrected chi connectivity index (χ0v) is 26.3. The van der Waals surface area contributed by atoms with Crippen molar-refractivity contribution in [2.45, 2.75) is 38.8 Å². The number of rotatable bonds is 10. The maximum Gasteiger partial charge on any atom is 0.293 e. The first-order valence-electron chi connectivity index (χ1n) is 15.3. The van der Waals surface area contributed by atoms with Gasteiger partial charge in [0.2, 0.25) is 5.91 Å². The van der Waals surface area contributed by atoms with Gasteiger partial charge in [0, 0.05) is 62.4 Å². The van der Waals surface area contributed by atoms with E-state index in [1.54, 1.807) is 18.1 Å². The van der Waals surface area contributed by atoms with Gasteiger partial charge in [-0.3, -0.25) is 19.3 Å². The van der Waals surface area contributed by atoms with Crippen molar-refractivity contribution in [3.63, 3.8) is 0 Å². The molecule has 2 heterocycles. The van der Waals surface area contributed by atoms with Crippen molar-refractivity contribution < 1.29 is 9.59 Å². The summed E-state index contributed by atoms with van der Waals surface area (Å²) in [6.45, 7) is 3.78. The first kappa shape index (κ1) is 31.6. The van der Waals surface area contributed by atoms with Crippen molar-refractivity contribution >= 4 is 29.0 Å². The number of carbonyl (C=O) groups is 2. The van der Waals surface area contributed by atoms with Crippen molar-refractivity contribution in [1.29, 1.82) is 0 Å². The molecule has 0 aliphatic carbocycles. The van der Waals surface area contributed by atoms with Gasteiger partial charge in [-0.2, -0.15) is 0 Å². The van der Waals surface area contributed by atoms with E-state index >= 15 is 0 Å². The number of benzene rings is 3. The molecule has 1 atom stereocenters. The van der Waals surface area contributed by atoms with Crippen LogP contribution in [0.3, 0.4) is 0 Å². The van der Waals surface area contributed by atoms with Crippen molar-refractivity contribution in [2.24, 2.45) is 12.8 Å². The number of piperazine rings is 1. The fourth-order valence-corrected chi connectivity index (χ4v) is 5.72. The third kappa shape index (κ3) is 6.82. The van der Waals surface area contributed by atoms with E-state index in [0.29, 0.717) is 40.3 Å². The van der Waals surface area contributed by atoms with Crippen LogP contribution >= 0.6 is 0 Å². The Labute approximate surface area is 263 Å². The molecule has 1 aliphatic rings. The second-order valence-electron chi connectivity index (χ2n) is 11.5. The first-order valence-corrected chi connectivity index (χ1v) is 15.3. The summed E-state index contributed by atoms with van der Waals surface area (Å²) < 4.78 is 1.47. The summed E-state index contributed by atoms with van der Waals surface area (Å²) in [5, 5.41) is 6.22. The minimum absolute atomic E-state index is 0.0579. The molecule has 1 unspecified atom stereocenters. The van der Waals surface area contributed by atoms with E-state index < -0.39 is 0 Å². The maximum absolute atomic E-state index is 13.4. The van der Waals surface area contributed by atoms with Gasteiger partial charge in [-0.05, 0) is 60.8 Å².